The minimum absolute atomic E-state index is 0.0493. The smallest absolute Gasteiger partial charge is 0.264 e. The maximum Gasteiger partial charge on any atom is 0.264 e. The van der Waals surface area contributed by atoms with Crippen molar-refractivity contribution < 1.29 is 22.7 Å². The lowest BCUT2D eigenvalue weighted by Crippen LogP contribution is -2.51. The average Bonchev–Trinajstić information content (AvgIpc) is 3.04. The van der Waals surface area contributed by atoms with Gasteiger partial charge in [-0.05, 0) is 79.9 Å². The van der Waals surface area contributed by atoms with E-state index in [1.165, 1.54) is 17.0 Å². The van der Waals surface area contributed by atoms with E-state index in [0.29, 0.717) is 23.7 Å². The van der Waals surface area contributed by atoms with Gasteiger partial charge in [-0.2, -0.15) is 0 Å². The second-order valence-corrected chi connectivity index (χ2v) is 12.4. The Kier molecular flexibility index (Phi) is 11.2. The molecule has 0 aliphatic heterocycles. The van der Waals surface area contributed by atoms with Crippen molar-refractivity contribution in [2.24, 2.45) is 0 Å². The molecule has 0 aliphatic carbocycles. The van der Waals surface area contributed by atoms with Crippen LogP contribution in [0.3, 0.4) is 0 Å². The molecule has 4 rings (SSSR count). The average molecular weight is 614 g/mol. The van der Waals surface area contributed by atoms with E-state index in [4.69, 9.17) is 4.74 Å². The van der Waals surface area contributed by atoms with Gasteiger partial charge in [-0.25, -0.2) is 8.42 Å². The summed E-state index contributed by atoms with van der Waals surface area (Å²) in [6.07, 6.45) is 1.74. The number of anilines is 1. The Bertz CT molecular complexity index is 1630. The molecule has 0 aromatic heterocycles. The number of ether oxygens (including phenoxy) is 1. The third kappa shape index (κ3) is 8.26. The van der Waals surface area contributed by atoms with E-state index in [1.807, 2.05) is 68.4 Å². The third-order valence-corrected chi connectivity index (χ3v) is 9.10. The van der Waals surface area contributed by atoms with Crippen molar-refractivity contribution in [2.45, 2.75) is 51.1 Å². The molecule has 0 heterocycles. The zero-order valence-corrected chi connectivity index (χ0v) is 26.2. The van der Waals surface area contributed by atoms with E-state index >= 15 is 0 Å². The lowest BCUT2D eigenvalue weighted by Gasteiger charge is -2.32. The van der Waals surface area contributed by atoms with Crippen molar-refractivity contribution in [3.05, 3.63) is 120 Å². The lowest BCUT2D eigenvalue weighted by molar-refractivity contribution is -0.139. The van der Waals surface area contributed by atoms with Crippen LogP contribution in [-0.4, -0.2) is 44.3 Å². The molecule has 44 heavy (non-hydrogen) atoms. The Balaban J connectivity index is 1.68. The monoisotopic (exact) mass is 613 g/mol. The number of hydrogen-bond acceptors (Lipinski definition) is 5. The number of carbonyl (C=O) groups is 2. The molecule has 1 N–H and O–H groups in total. The van der Waals surface area contributed by atoms with Crippen LogP contribution in [0, 0.1) is 6.92 Å². The van der Waals surface area contributed by atoms with Crippen molar-refractivity contribution in [1.29, 1.82) is 0 Å². The molecule has 8 nitrogen and oxygen atoms in total. The van der Waals surface area contributed by atoms with E-state index in [1.54, 1.807) is 49.4 Å². The fourth-order valence-electron chi connectivity index (χ4n) is 4.64. The number of aryl methyl sites for hydroxylation is 1. The van der Waals surface area contributed by atoms with Gasteiger partial charge in [-0.1, -0.05) is 74.0 Å². The maximum atomic E-state index is 14.1. The molecule has 230 valence electrons. The van der Waals surface area contributed by atoms with Crippen molar-refractivity contribution >= 4 is 27.5 Å². The van der Waals surface area contributed by atoms with Crippen LogP contribution < -0.4 is 14.4 Å². The zero-order chi connectivity index (χ0) is 31.5. The fourth-order valence-corrected chi connectivity index (χ4v) is 6.08. The van der Waals surface area contributed by atoms with Crippen molar-refractivity contribution in [3.8, 4) is 11.5 Å². The number of unbranched alkanes of at least 4 members (excludes halogenated alkanes) is 1. The largest absolute Gasteiger partial charge is 0.457 e. The second kappa shape index (κ2) is 15.2. The van der Waals surface area contributed by atoms with Crippen LogP contribution in [0.1, 0.15) is 37.8 Å². The predicted octanol–water partition coefficient (Wildman–Crippen LogP) is 6.32. The second-order valence-electron chi connectivity index (χ2n) is 10.5. The first kappa shape index (κ1) is 32.3. The quantitative estimate of drug-likeness (QED) is 0.168. The standard InChI is InChI=1S/C35H39N3O5S/c1-4-5-24-36-35(40)28(3)37(25-29-15-13-12-14-27(29)2)34(39)26-38(44(41,42)33-18-10-7-11-19-33)30-20-22-32(23-21-30)43-31-16-8-6-9-17-31/h6-23,28H,4-5,24-26H2,1-3H3,(H,36,40). The Morgan fingerprint density at radius 3 is 2.05 bits per heavy atom. The van der Waals surface area contributed by atoms with Gasteiger partial charge >= 0.3 is 0 Å². The van der Waals surface area contributed by atoms with Gasteiger partial charge in [-0.15, -0.1) is 0 Å². The van der Waals surface area contributed by atoms with Gasteiger partial charge in [-0.3, -0.25) is 13.9 Å². The number of amides is 2. The molecule has 0 saturated carbocycles. The summed E-state index contributed by atoms with van der Waals surface area (Å²) in [5.41, 5.74) is 2.12. The SMILES string of the molecule is CCCCNC(=O)C(C)N(Cc1ccccc1C)C(=O)CN(c1ccc(Oc2ccccc2)cc1)S(=O)(=O)c1ccccc1. The summed E-state index contributed by atoms with van der Waals surface area (Å²) in [6, 6.07) is 30.6. The molecule has 0 bridgehead atoms. The number of para-hydroxylation sites is 1. The Morgan fingerprint density at radius 1 is 0.818 bits per heavy atom. The number of benzene rings is 4. The van der Waals surface area contributed by atoms with Gasteiger partial charge in [0.1, 0.15) is 24.1 Å². The highest BCUT2D eigenvalue weighted by Crippen LogP contribution is 2.28. The number of carbonyl (C=O) groups excluding carboxylic acids is 2. The molecule has 4 aromatic rings. The van der Waals surface area contributed by atoms with Gasteiger partial charge < -0.3 is 15.0 Å². The van der Waals surface area contributed by atoms with Crippen LogP contribution in [0.25, 0.3) is 0 Å². The van der Waals surface area contributed by atoms with E-state index in [2.05, 4.69) is 5.32 Å². The van der Waals surface area contributed by atoms with Crippen molar-refractivity contribution in [1.82, 2.24) is 10.2 Å². The van der Waals surface area contributed by atoms with E-state index in [-0.39, 0.29) is 17.3 Å². The number of hydrogen-bond donors (Lipinski definition) is 1. The predicted molar refractivity (Wildman–Crippen MR) is 173 cm³/mol. The van der Waals surface area contributed by atoms with Gasteiger partial charge in [0.15, 0.2) is 0 Å². The van der Waals surface area contributed by atoms with Crippen LogP contribution in [-0.2, 0) is 26.2 Å². The molecule has 0 spiro atoms. The van der Waals surface area contributed by atoms with E-state index < -0.39 is 28.5 Å². The third-order valence-electron chi connectivity index (χ3n) is 7.31. The van der Waals surface area contributed by atoms with Gasteiger partial charge in [0, 0.05) is 13.1 Å². The summed E-state index contributed by atoms with van der Waals surface area (Å²) in [4.78, 5) is 28.8. The fraction of sp³-hybridized carbons (Fsp3) is 0.257. The number of nitrogens with one attached hydrogen (secondary N) is 1. The van der Waals surface area contributed by atoms with Crippen molar-refractivity contribution in [2.75, 3.05) is 17.4 Å². The van der Waals surface area contributed by atoms with E-state index in [0.717, 1.165) is 28.3 Å². The summed E-state index contributed by atoms with van der Waals surface area (Å²) in [7, 11) is -4.15. The zero-order valence-electron chi connectivity index (χ0n) is 25.3. The summed E-state index contributed by atoms with van der Waals surface area (Å²) < 4.78 is 35.0. The van der Waals surface area contributed by atoms with Crippen LogP contribution >= 0.6 is 0 Å². The van der Waals surface area contributed by atoms with Crippen LogP contribution in [0.2, 0.25) is 0 Å². The molecule has 0 saturated heterocycles. The maximum absolute atomic E-state index is 14.1. The molecule has 0 aliphatic rings. The lowest BCUT2D eigenvalue weighted by atomic mass is 10.1. The van der Waals surface area contributed by atoms with E-state index in [9.17, 15) is 18.0 Å². The summed E-state index contributed by atoms with van der Waals surface area (Å²) >= 11 is 0. The Hall–Kier alpha value is -4.63. The molecule has 9 heteroatoms. The topological polar surface area (TPSA) is 96.0 Å². The van der Waals surface area contributed by atoms with Crippen molar-refractivity contribution in [3.63, 3.8) is 0 Å². The van der Waals surface area contributed by atoms with Gasteiger partial charge in [0.2, 0.25) is 11.8 Å². The highest BCUT2D eigenvalue weighted by Gasteiger charge is 2.32. The molecule has 0 radical (unpaired) electrons. The number of sulfonamides is 1. The molecular formula is C35H39N3O5S. The number of rotatable bonds is 14. The molecule has 4 aromatic carbocycles. The highest BCUT2D eigenvalue weighted by atomic mass is 32.2. The molecule has 0 fully saturated rings. The normalized spacial score (nSPS) is 11.8. The first-order valence-corrected chi connectivity index (χ1v) is 16.2. The molecule has 2 amide bonds. The minimum Gasteiger partial charge on any atom is -0.457 e. The minimum atomic E-state index is -4.15. The Labute approximate surface area is 260 Å². The first-order valence-electron chi connectivity index (χ1n) is 14.7. The highest BCUT2D eigenvalue weighted by molar-refractivity contribution is 7.92. The number of nitrogens with zero attached hydrogens (tertiary/aromatic N) is 2. The molecule has 1 atom stereocenters. The summed E-state index contributed by atoms with van der Waals surface area (Å²) in [6.45, 7) is 5.79. The first-order chi connectivity index (χ1) is 21.2. The Morgan fingerprint density at radius 2 is 1.41 bits per heavy atom. The van der Waals surface area contributed by atoms with Crippen LogP contribution in [0.4, 0.5) is 5.69 Å². The van der Waals surface area contributed by atoms with Gasteiger partial charge in [0.05, 0.1) is 10.6 Å². The molecular weight excluding hydrogens is 574 g/mol. The summed E-state index contributed by atoms with van der Waals surface area (Å²) in [5, 5.41) is 2.91. The summed E-state index contributed by atoms with van der Waals surface area (Å²) in [5.74, 6) is 0.361. The molecule has 1 unspecified atom stereocenters. The van der Waals surface area contributed by atoms with Crippen LogP contribution in [0.5, 0.6) is 11.5 Å². The van der Waals surface area contributed by atoms with Crippen LogP contribution in [0.15, 0.2) is 114 Å². The van der Waals surface area contributed by atoms with Gasteiger partial charge in [0.25, 0.3) is 10.0 Å².